The van der Waals surface area contributed by atoms with Crippen LogP contribution in [0.5, 0.6) is 11.5 Å². The Bertz CT molecular complexity index is 614. The average molecular weight is 285 g/mol. The van der Waals surface area contributed by atoms with Gasteiger partial charge in [0.1, 0.15) is 5.75 Å². The van der Waals surface area contributed by atoms with E-state index < -0.39 is 0 Å². The molecule has 0 spiro atoms. The van der Waals surface area contributed by atoms with E-state index in [4.69, 9.17) is 4.74 Å². The highest BCUT2D eigenvalue weighted by Gasteiger charge is 2.06. The van der Waals surface area contributed by atoms with Crippen molar-refractivity contribution in [2.75, 3.05) is 17.2 Å². The van der Waals surface area contributed by atoms with Gasteiger partial charge in [-0.25, -0.2) is 0 Å². The van der Waals surface area contributed by atoms with Gasteiger partial charge in [-0.1, -0.05) is 19.1 Å². The molecule has 0 bridgehead atoms. The fourth-order valence-corrected chi connectivity index (χ4v) is 1.82. The normalized spacial score (nSPS) is 10.0. The maximum absolute atomic E-state index is 11.2. The molecule has 5 nitrogen and oxygen atoms in total. The van der Waals surface area contributed by atoms with E-state index in [1.807, 2.05) is 18.2 Å². The van der Waals surface area contributed by atoms with Crippen molar-refractivity contribution in [2.24, 2.45) is 0 Å². The van der Waals surface area contributed by atoms with E-state index in [1.54, 1.807) is 24.5 Å². The molecule has 5 heteroatoms. The zero-order valence-corrected chi connectivity index (χ0v) is 12.2. The van der Waals surface area contributed by atoms with Crippen LogP contribution in [0, 0.1) is 0 Å². The van der Waals surface area contributed by atoms with E-state index in [9.17, 15) is 4.79 Å². The highest BCUT2D eigenvalue weighted by atomic mass is 16.5. The van der Waals surface area contributed by atoms with Crippen molar-refractivity contribution >= 4 is 17.3 Å². The minimum Gasteiger partial charge on any atom is -0.453 e. The number of para-hydroxylation sites is 2. The van der Waals surface area contributed by atoms with Crippen LogP contribution in [0.15, 0.2) is 42.7 Å². The maximum atomic E-state index is 11.2. The van der Waals surface area contributed by atoms with Crippen molar-refractivity contribution < 1.29 is 9.53 Å². The number of hydrogen-bond acceptors (Lipinski definition) is 4. The van der Waals surface area contributed by atoms with Crippen LogP contribution in [0.3, 0.4) is 0 Å². The summed E-state index contributed by atoms with van der Waals surface area (Å²) in [6, 6.07) is 9.18. The Hall–Kier alpha value is -2.56. The smallest absolute Gasteiger partial charge is 0.221 e. The molecule has 0 unspecified atom stereocenters. The molecule has 0 saturated heterocycles. The third-order valence-corrected chi connectivity index (χ3v) is 2.72. The summed E-state index contributed by atoms with van der Waals surface area (Å²) in [5, 5.41) is 6.00. The number of nitrogens with zero attached hydrogens (tertiary/aromatic N) is 1. The van der Waals surface area contributed by atoms with Crippen molar-refractivity contribution in [1.82, 2.24) is 4.98 Å². The molecule has 0 aliphatic rings. The number of benzene rings is 1. The van der Waals surface area contributed by atoms with Crippen molar-refractivity contribution in [3.63, 3.8) is 0 Å². The lowest BCUT2D eigenvalue weighted by Crippen LogP contribution is -2.06. The summed E-state index contributed by atoms with van der Waals surface area (Å²) in [6.45, 7) is 4.45. The number of carbonyl (C=O) groups is 1. The molecule has 21 heavy (non-hydrogen) atoms. The monoisotopic (exact) mass is 285 g/mol. The lowest BCUT2D eigenvalue weighted by molar-refractivity contribution is -0.114. The number of rotatable bonds is 6. The van der Waals surface area contributed by atoms with Crippen molar-refractivity contribution in [3.05, 3.63) is 42.7 Å². The number of carbonyl (C=O) groups excluding carboxylic acids is 1. The molecule has 0 fully saturated rings. The summed E-state index contributed by atoms with van der Waals surface area (Å²) in [6.07, 6.45) is 4.43. The van der Waals surface area contributed by atoms with Crippen LogP contribution in [0.1, 0.15) is 20.3 Å². The lowest BCUT2D eigenvalue weighted by atomic mass is 10.3. The first-order chi connectivity index (χ1) is 10.2. The minimum absolute atomic E-state index is 0.137. The van der Waals surface area contributed by atoms with Crippen molar-refractivity contribution in [1.29, 1.82) is 0 Å². The van der Waals surface area contributed by atoms with Crippen molar-refractivity contribution in [3.8, 4) is 11.5 Å². The number of ether oxygens (including phenoxy) is 1. The van der Waals surface area contributed by atoms with Gasteiger partial charge in [-0.05, 0) is 18.6 Å². The van der Waals surface area contributed by atoms with E-state index >= 15 is 0 Å². The molecule has 0 radical (unpaired) electrons. The predicted molar refractivity (Wildman–Crippen MR) is 83.8 cm³/mol. The SMILES string of the molecule is CCCNc1cncc(Oc2ccccc2NC(C)=O)c1. The van der Waals surface area contributed by atoms with Gasteiger partial charge in [-0.3, -0.25) is 9.78 Å². The summed E-state index contributed by atoms with van der Waals surface area (Å²) >= 11 is 0. The summed E-state index contributed by atoms with van der Waals surface area (Å²) in [4.78, 5) is 15.4. The van der Waals surface area contributed by atoms with Gasteiger partial charge < -0.3 is 15.4 Å². The van der Waals surface area contributed by atoms with Crippen LogP contribution in [0.4, 0.5) is 11.4 Å². The number of nitrogens with one attached hydrogen (secondary N) is 2. The standard InChI is InChI=1S/C16H19N3O2/c1-3-8-18-13-9-14(11-17-10-13)21-16-7-5-4-6-15(16)19-12(2)20/h4-7,9-11,18H,3,8H2,1-2H3,(H,19,20). The van der Waals surface area contributed by atoms with Gasteiger partial charge in [0, 0.05) is 19.5 Å². The van der Waals surface area contributed by atoms with Gasteiger partial charge in [0.15, 0.2) is 5.75 Å². The molecule has 1 heterocycles. The van der Waals surface area contributed by atoms with Crippen molar-refractivity contribution in [2.45, 2.75) is 20.3 Å². The van der Waals surface area contributed by atoms with Gasteiger partial charge in [0.05, 0.1) is 23.8 Å². The molecule has 1 aromatic heterocycles. The number of pyridine rings is 1. The predicted octanol–water partition coefficient (Wildman–Crippen LogP) is 3.65. The van der Waals surface area contributed by atoms with E-state index in [-0.39, 0.29) is 5.91 Å². The second-order valence-corrected chi connectivity index (χ2v) is 4.62. The Kier molecular flexibility index (Phi) is 5.15. The molecular formula is C16H19N3O2. The fourth-order valence-electron chi connectivity index (χ4n) is 1.82. The van der Waals surface area contributed by atoms with Crippen LogP contribution < -0.4 is 15.4 Å². The van der Waals surface area contributed by atoms with Crippen LogP contribution in [0.2, 0.25) is 0 Å². The number of aromatic nitrogens is 1. The van der Waals surface area contributed by atoms with E-state index in [2.05, 4.69) is 22.5 Å². The Balaban J connectivity index is 2.16. The highest BCUT2D eigenvalue weighted by Crippen LogP contribution is 2.29. The quantitative estimate of drug-likeness (QED) is 0.850. The van der Waals surface area contributed by atoms with E-state index in [0.717, 1.165) is 18.7 Å². The molecule has 1 amide bonds. The van der Waals surface area contributed by atoms with Crippen LogP contribution in [-0.4, -0.2) is 17.4 Å². The Morgan fingerprint density at radius 1 is 1.29 bits per heavy atom. The van der Waals surface area contributed by atoms with E-state index in [1.165, 1.54) is 6.92 Å². The maximum Gasteiger partial charge on any atom is 0.221 e. The zero-order chi connectivity index (χ0) is 15.1. The summed E-state index contributed by atoms with van der Waals surface area (Å²) < 4.78 is 5.81. The molecule has 1 aromatic carbocycles. The first-order valence-corrected chi connectivity index (χ1v) is 6.92. The molecule has 0 atom stereocenters. The molecule has 2 aromatic rings. The Labute approximate surface area is 124 Å². The molecule has 2 N–H and O–H groups in total. The van der Waals surface area contributed by atoms with Crippen LogP contribution in [-0.2, 0) is 4.79 Å². The van der Waals surface area contributed by atoms with Gasteiger partial charge in [-0.2, -0.15) is 0 Å². The lowest BCUT2D eigenvalue weighted by Gasteiger charge is -2.12. The molecule has 0 aliphatic heterocycles. The van der Waals surface area contributed by atoms with Crippen LogP contribution >= 0.6 is 0 Å². The zero-order valence-electron chi connectivity index (χ0n) is 12.2. The topological polar surface area (TPSA) is 63.3 Å². The molecule has 0 aliphatic carbocycles. The van der Waals surface area contributed by atoms with Gasteiger partial charge in [0.25, 0.3) is 0 Å². The average Bonchev–Trinajstić information content (AvgIpc) is 2.47. The van der Waals surface area contributed by atoms with Gasteiger partial charge in [0.2, 0.25) is 5.91 Å². The summed E-state index contributed by atoms with van der Waals surface area (Å²) in [5.74, 6) is 1.07. The largest absolute Gasteiger partial charge is 0.453 e. The molecule has 0 saturated carbocycles. The van der Waals surface area contributed by atoms with Crippen LogP contribution in [0.25, 0.3) is 0 Å². The Morgan fingerprint density at radius 2 is 2.10 bits per heavy atom. The third-order valence-electron chi connectivity index (χ3n) is 2.72. The third kappa shape index (κ3) is 4.49. The summed E-state index contributed by atoms with van der Waals surface area (Å²) in [5.41, 5.74) is 1.54. The van der Waals surface area contributed by atoms with Gasteiger partial charge >= 0.3 is 0 Å². The highest BCUT2D eigenvalue weighted by molar-refractivity contribution is 5.90. The number of anilines is 2. The second-order valence-electron chi connectivity index (χ2n) is 4.62. The Morgan fingerprint density at radius 3 is 2.86 bits per heavy atom. The fraction of sp³-hybridized carbons (Fsp3) is 0.250. The first-order valence-electron chi connectivity index (χ1n) is 6.92. The number of amides is 1. The second kappa shape index (κ2) is 7.28. The van der Waals surface area contributed by atoms with E-state index in [0.29, 0.717) is 17.2 Å². The molecule has 110 valence electrons. The van der Waals surface area contributed by atoms with Gasteiger partial charge in [-0.15, -0.1) is 0 Å². The molecule has 2 rings (SSSR count). The first kappa shape index (κ1) is 14.8. The molecular weight excluding hydrogens is 266 g/mol. The minimum atomic E-state index is -0.137. The number of hydrogen-bond donors (Lipinski definition) is 2. The summed E-state index contributed by atoms with van der Waals surface area (Å²) in [7, 11) is 0.